The fourth-order valence-corrected chi connectivity index (χ4v) is 3.61. The molecule has 8 heteroatoms. The lowest BCUT2D eigenvalue weighted by molar-refractivity contribution is -0.138. The van der Waals surface area contributed by atoms with Crippen LogP contribution in [-0.2, 0) is 16.1 Å². The molecule has 0 saturated carbocycles. The predicted molar refractivity (Wildman–Crippen MR) is 84.1 cm³/mol. The highest BCUT2D eigenvalue weighted by Crippen LogP contribution is 2.29. The molecular formula is C15H20N4O3S. The molecule has 1 amide bonds. The van der Waals surface area contributed by atoms with Gasteiger partial charge in [-0.3, -0.25) is 4.79 Å². The van der Waals surface area contributed by atoms with Gasteiger partial charge in [0.05, 0.1) is 5.01 Å². The molecule has 1 aliphatic heterocycles. The van der Waals surface area contributed by atoms with E-state index in [4.69, 9.17) is 9.26 Å². The third-order valence-corrected chi connectivity index (χ3v) is 4.91. The average molecular weight is 336 g/mol. The maximum Gasteiger partial charge on any atom is 0.252 e. The van der Waals surface area contributed by atoms with Crippen molar-refractivity contribution in [2.75, 3.05) is 19.7 Å². The van der Waals surface area contributed by atoms with Crippen LogP contribution in [0.4, 0.5) is 0 Å². The molecule has 3 heterocycles. The molecule has 1 fully saturated rings. The molecule has 0 unspecified atom stereocenters. The SMILES string of the molecule is Cc1csc([C@H]2CCCN(C(=O)COCc3nc(C)no3)C2)n1. The summed E-state index contributed by atoms with van der Waals surface area (Å²) in [6.07, 6.45) is 2.08. The van der Waals surface area contributed by atoms with Gasteiger partial charge in [-0.15, -0.1) is 11.3 Å². The van der Waals surface area contributed by atoms with Crippen LogP contribution in [0, 0.1) is 13.8 Å². The number of amides is 1. The Labute approximate surface area is 138 Å². The molecule has 0 bridgehead atoms. The van der Waals surface area contributed by atoms with Gasteiger partial charge in [0, 0.05) is 30.1 Å². The van der Waals surface area contributed by atoms with E-state index in [0.717, 1.165) is 36.6 Å². The van der Waals surface area contributed by atoms with E-state index < -0.39 is 0 Å². The minimum Gasteiger partial charge on any atom is -0.362 e. The first kappa shape index (κ1) is 16.1. The van der Waals surface area contributed by atoms with Gasteiger partial charge in [0.1, 0.15) is 13.2 Å². The fourth-order valence-electron chi connectivity index (χ4n) is 2.68. The number of aryl methyl sites for hydroxylation is 2. The minimum atomic E-state index is -0.000727. The highest BCUT2D eigenvalue weighted by molar-refractivity contribution is 7.09. The third-order valence-electron chi connectivity index (χ3n) is 3.78. The van der Waals surface area contributed by atoms with Crippen molar-refractivity contribution in [3.05, 3.63) is 27.8 Å². The van der Waals surface area contributed by atoms with Crippen molar-refractivity contribution in [1.82, 2.24) is 20.0 Å². The first-order valence-electron chi connectivity index (χ1n) is 7.68. The van der Waals surface area contributed by atoms with Gasteiger partial charge in [-0.05, 0) is 26.7 Å². The number of aromatic nitrogens is 3. The Hall–Kier alpha value is -1.80. The first-order valence-corrected chi connectivity index (χ1v) is 8.56. The maximum absolute atomic E-state index is 12.3. The van der Waals surface area contributed by atoms with E-state index in [1.165, 1.54) is 0 Å². The maximum atomic E-state index is 12.3. The number of nitrogens with zero attached hydrogens (tertiary/aromatic N) is 4. The number of likely N-dealkylation sites (tertiary alicyclic amines) is 1. The number of hydrogen-bond donors (Lipinski definition) is 0. The molecule has 0 aromatic carbocycles. The molecule has 23 heavy (non-hydrogen) atoms. The molecule has 0 radical (unpaired) electrons. The quantitative estimate of drug-likeness (QED) is 0.831. The summed E-state index contributed by atoms with van der Waals surface area (Å²) in [5.41, 5.74) is 1.05. The highest BCUT2D eigenvalue weighted by atomic mass is 32.1. The van der Waals surface area contributed by atoms with Crippen molar-refractivity contribution >= 4 is 17.2 Å². The number of carbonyl (C=O) groups is 1. The van der Waals surface area contributed by atoms with E-state index in [1.807, 2.05) is 11.8 Å². The minimum absolute atomic E-state index is 0.000727. The Morgan fingerprint density at radius 3 is 3.04 bits per heavy atom. The highest BCUT2D eigenvalue weighted by Gasteiger charge is 2.26. The van der Waals surface area contributed by atoms with E-state index in [0.29, 0.717) is 17.6 Å². The number of rotatable bonds is 5. The zero-order valence-corrected chi connectivity index (χ0v) is 14.1. The van der Waals surface area contributed by atoms with Crippen LogP contribution in [0.5, 0.6) is 0 Å². The molecule has 0 aliphatic carbocycles. The Bertz CT molecular complexity index is 669. The van der Waals surface area contributed by atoms with Crippen molar-refractivity contribution in [3.8, 4) is 0 Å². The van der Waals surface area contributed by atoms with Crippen LogP contribution in [-0.4, -0.2) is 45.6 Å². The van der Waals surface area contributed by atoms with Gasteiger partial charge in [-0.2, -0.15) is 4.98 Å². The summed E-state index contributed by atoms with van der Waals surface area (Å²) >= 11 is 1.68. The van der Waals surface area contributed by atoms with E-state index >= 15 is 0 Å². The van der Waals surface area contributed by atoms with Crippen molar-refractivity contribution in [3.63, 3.8) is 0 Å². The Kier molecular flexibility index (Phi) is 5.02. The third kappa shape index (κ3) is 4.14. The number of hydrogen-bond acceptors (Lipinski definition) is 7. The Balaban J connectivity index is 1.48. The fraction of sp³-hybridized carbons (Fsp3) is 0.600. The molecule has 7 nitrogen and oxygen atoms in total. The normalized spacial score (nSPS) is 18.3. The van der Waals surface area contributed by atoms with Crippen LogP contribution in [0.2, 0.25) is 0 Å². The summed E-state index contributed by atoms with van der Waals surface area (Å²) in [5.74, 6) is 1.29. The van der Waals surface area contributed by atoms with Crippen LogP contribution >= 0.6 is 11.3 Å². The molecule has 0 spiro atoms. The number of carbonyl (C=O) groups excluding carboxylic acids is 1. The Morgan fingerprint density at radius 1 is 1.48 bits per heavy atom. The zero-order valence-electron chi connectivity index (χ0n) is 13.3. The van der Waals surface area contributed by atoms with E-state index in [2.05, 4.69) is 20.5 Å². The number of piperidine rings is 1. The second-order valence-corrected chi connectivity index (χ2v) is 6.62. The van der Waals surface area contributed by atoms with E-state index in [1.54, 1.807) is 18.3 Å². The van der Waals surface area contributed by atoms with Crippen molar-refractivity contribution in [2.45, 2.75) is 39.2 Å². The zero-order chi connectivity index (χ0) is 16.2. The summed E-state index contributed by atoms with van der Waals surface area (Å²) in [5, 5.41) is 6.87. The molecule has 2 aromatic heterocycles. The van der Waals surface area contributed by atoms with Crippen LogP contribution < -0.4 is 0 Å². The monoisotopic (exact) mass is 336 g/mol. The van der Waals surface area contributed by atoms with Crippen molar-refractivity contribution < 1.29 is 14.1 Å². The topological polar surface area (TPSA) is 81.4 Å². The van der Waals surface area contributed by atoms with Crippen molar-refractivity contribution in [1.29, 1.82) is 0 Å². The van der Waals surface area contributed by atoms with Gasteiger partial charge < -0.3 is 14.2 Å². The van der Waals surface area contributed by atoms with Crippen LogP contribution in [0.1, 0.15) is 41.2 Å². The van der Waals surface area contributed by atoms with Crippen LogP contribution in [0.15, 0.2) is 9.90 Å². The molecule has 1 saturated heterocycles. The molecule has 1 atom stereocenters. The second kappa shape index (κ2) is 7.18. The van der Waals surface area contributed by atoms with Gasteiger partial charge in [0.15, 0.2) is 5.82 Å². The lowest BCUT2D eigenvalue weighted by Gasteiger charge is -2.31. The largest absolute Gasteiger partial charge is 0.362 e. The summed E-state index contributed by atoms with van der Waals surface area (Å²) in [7, 11) is 0. The van der Waals surface area contributed by atoms with Gasteiger partial charge in [-0.1, -0.05) is 5.16 Å². The average Bonchev–Trinajstić information content (AvgIpc) is 3.16. The summed E-state index contributed by atoms with van der Waals surface area (Å²) in [6, 6.07) is 0. The standard InChI is InChI=1S/C15H20N4O3S/c1-10-9-23-15(16-10)12-4-3-5-19(6-12)14(20)8-21-7-13-17-11(2)18-22-13/h9,12H,3-8H2,1-2H3/t12-/m0/s1. The van der Waals surface area contributed by atoms with Crippen molar-refractivity contribution in [2.24, 2.45) is 0 Å². The second-order valence-electron chi connectivity index (χ2n) is 5.73. The summed E-state index contributed by atoms with van der Waals surface area (Å²) < 4.78 is 10.3. The number of ether oxygens (including phenoxy) is 1. The predicted octanol–water partition coefficient (Wildman–Crippen LogP) is 2.07. The van der Waals surface area contributed by atoms with E-state index in [-0.39, 0.29) is 19.1 Å². The molecule has 3 rings (SSSR count). The Morgan fingerprint density at radius 2 is 2.35 bits per heavy atom. The lowest BCUT2D eigenvalue weighted by atomic mass is 9.99. The first-order chi connectivity index (χ1) is 11.1. The molecule has 124 valence electrons. The van der Waals surface area contributed by atoms with Gasteiger partial charge in [0.2, 0.25) is 5.91 Å². The summed E-state index contributed by atoms with van der Waals surface area (Å²) in [6.45, 7) is 5.43. The molecule has 1 aliphatic rings. The number of thiazole rings is 1. The molecular weight excluding hydrogens is 316 g/mol. The summed E-state index contributed by atoms with van der Waals surface area (Å²) in [4.78, 5) is 22.8. The molecule has 0 N–H and O–H groups in total. The molecule has 2 aromatic rings. The van der Waals surface area contributed by atoms with Gasteiger partial charge >= 0.3 is 0 Å². The van der Waals surface area contributed by atoms with Crippen LogP contribution in [0.25, 0.3) is 0 Å². The lowest BCUT2D eigenvalue weighted by Crippen LogP contribution is -2.41. The van der Waals surface area contributed by atoms with Gasteiger partial charge in [0.25, 0.3) is 5.89 Å². The smallest absolute Gasteiger partial charge is 0.252 e. The van der Waals surface area contributed by atoms with Gasteiger partial charge in [-0.25, -0.2) is 4.98 Å². The van der Waals surface area contributed by atoms with Crippen LogP contribution in [0.3, 0.4) is 0 Å². The van der Waals surface area contributed by atoms with E-state index in [9.17, 15) is 4.79 Å².